The molecule has 2 aromatic rings. The van der Waals surface area contributed by atoms with Gasteiger partial charge in [-0.3, -0.25) is 9.59 Å². The Morgan fingerprint density at radius 1 is 1.32 bits per heavy atom. The number of nitrogens with one attached hydrogen (secondary N) is 1. The number of carbonyl (C=O) groups excluding carboxylic acids is 1. The van der Waals surface area contributed by atoms with Gasteiger partial charge in [-0.25, -0.2) is 4.39 Å². The molecule has 0 radical (unpaired) electrons. The largest absolute Gasteiger partial charge is 0.348 e. The van der Waals surface area contributed by atoms with Gasteiger partial charge in [-0.15, -0.1) is 0 Å². The molecule has 2 rings (SSSR count). The van der Waals surface area contributed by atoms with Crippen LogP contribution in [-0.2, 0) is 13.1 Å². The molecule has 0 fully saturated rings. The fourth-order valence-electron chi connectivity index (χ4n) is 2.43. The fraction of sp³-hybridized carbons (Fsp3) is 0.368. The number of pyridine rings is 1. The Hall–Kier alpha value is -2.14. The zero-order valence-corrected chi connectivity index (χ0v) is 15.4. The molecule has 1 aromatic carbocycles. The molecular formula is C19H22ClFN2O2. The van der Waals surface area contributed by atoms with E-state index >= 15 is 0 Å². The van der Waals surface area contributed by atoms with Crippen LogP contribution in [0.25, 0.3) is 0 Å². The minimum Gasteiger partial charge on any atom is -0.348 e. The molecule has 0 aliphatic carbocycles. The van der Waals surface area contributed by atoms with Gasteiger partial charge in [0.2, 0.25) is 0 Å². The summed E-state index contributed by atoms with van der Waals surface area (Å²) in [5.41, 5.74) is 1.01. The lowest BCUT2D eigenvalue weighted by Crippen LogP contribution is -2.34. The van der Waals surface area contributed by atoms with Crippen LogP contribution in [0, 0.1) is 18.7 Å². The summed E-state index contributed by atoms with van der Waals surface area (Å²) < 4.78 is 15.0. The summed E-state index contributed by atoms with van der Waals surface area (Å²) >= 11 is 5.64. The van der Waals surface area contributed by atoms with E-state index in [9.17, 15) is 14.0 Å². The van der Waals surface area contributed by atoms with Crippen molar-refractivity contribution in [3.05, 3.63) is 68.3 Å². The van der Waals surface area contributed by atoms with Crippen molar-refractivity contribution in [1.29, 1.82) is 0 Å². The van der Waals surface area contributed by atoms with Crippen LogP contribution in [0.1, 0.15) is 41.8 Å². The maximum absolute atomic E-state index is 13.5. The van der Waals surface area contributed by atoms with Crippen molar-refractivity contribution in [1.82, 2.24) is 9.88 Å². The normalized spacial score (nSPS) is 11.0. The molecule has 0 saturated carbocycles. The van der Waals surface area contributed by atoms with E-state index in [2.05, 4.69) is 19.2 Å². The van der Waals surface area contributed by atoms with Crippen molar-refractivity contribution in [2.45, 2.75) is 40.3 Å². The standard InChI is InChI=1S/C19H22ClFN2O2/c1-12(2)6-8-23-9-7-13(3)17(19(23)25)18(24)22-11-14-4-5-15(20)16(21)10-14/h4-5,7,9-10,12H,6,8,11H2,1-3H3,(H,22,24). The number of amides is 1. The zero-order valence-electron chi connectivity index (χ0n) is 14.6. The first-order valence-corrected chi connectivity index (χ1v) is 8.59. The van der Waals surface area contributed by atoms with Crippen LogP contribution in [0.2, 0.25) is 5.02 Å². The maximum Gasteiger partial charge on any atom is 0.263 e. The van der Waals surface area contributed by atoms with Crippen LogP contribution in [0.3, 0.4) is 0 Å². The monoisotopic (exact) mass is 364 g/mol. The van der Waals surface area contributed by atoms with Crippen LogP contribution in [-0.4, -0.2) is 10.5 Å². The average Bonchev–Trinajstić information content (AvgIpc) is 2.55. The molecule has 0 unspecified atom stereocenters. The average molecular weight is 365 g/mol. The van der Waals surface area contributed by atoms with Crippen molar-refractivity contribution in [3.8, 4) is 0 Å². The highest BCUT2D eigenvalue weighted by molar-refractivity contribution is 6.30. The summed E-state index contributed by atoms with van der Waals surface area (Å²) in [6.45, 7) is 6.58. The van der Waals surface area contributed by atoms with E-state index in [1.165, 1.54) is 12.1 Å². The number of aryl methyl sites for hydroxylation is 2. The molecule has 0 aliphatic heterocycles. The molecule has 0 aliphatic rings. The van der Waals surface area contributed by atoms with E-state index in [0.29, 0.717) is 23.6 Å². The minimum absolute atomic E-state index is 0.0296. The van der Waals surface area contributed by atoms with Gasteiger partial charge in [0.25, 0.3) is 11.5 Å². The predicted molar refractivity (Wildman–Crippen MR) is 97.5 cm³/mol. The van der Waals surface area contributed by atoms with Crippen LogP contribution < -0.4 is 10.9 Å². The Bertz CT molecular complexity index is 831. The summed E-state index contributed by atoms with van der Waals surface area (Å²) in [5.74, 6) is -0.539. The SMILES string of the molecule is Cc1ccn(CCC(C)C)c(=O)c1C(=O)NCc1ccc(Cl)c(F)c1. The summed E-state index contributed by atoms with van der Waals surface area (Å²) in [7, 11) is 0. The third kappa shape index (κ3) is 4.92. The first kappa shape index (κ1) is 19.2. The van der Waals surface area contributed by atoms with Crippen LogP contribution in [0.5, 0.6) is 0 Å². The molecule has 6 heteroatoms. The molecule has 1 aromatic heterocycles. The number of rotatable bonds is 6. The highest BCUT2D eigenvalue weighted by Gasteiger charge is 2.16. The molecule has 1 N–H and O–H groups in total. The highest BCUT2D eigenvalue weighted by atomic mass is 35.5. The second-order valence-corrected chi connectivity index (χ2v) is 6.89. The molecule has 25 heavy (non-hydrogen) atoms. The lowest BCUT2D eigenvalue weighted by molar-refractivity contribution is 0.0948. The number of nitrogens with zero attached hydrogens (tertiary/aromatic N) is 1. The quantitative estimate of drug-likeness (QED) is 0.844. The van der Waals surface area contributed by atoms with Crippen molar-refractivity contribution >= 4 is 17.5 Å². The first-order chi connectivity index (χ1) is 11.8. The minimum atomic E-state index is -0.541. The number of hydrogen-bond donors (Lipinski definition) is 1. The third-order valence-corrected chi connectivity index (χ3v) is 4.29. The van der Waals surface area contributed by atoms with Gasteiger partial charge in [-0.2, -0.15) is 0 Å². The van der Waals surface area contributed by atoms with Gasteiger partial charge in [0.15, 0.2) is 0 Å². The maximum atomic E-state index is 13.5. The van der Waals surface area contributed by atoms with Crippen molar-refractivity contribution < 1.29 is 9.18 Å². The Labute approximate surface area is 151 Å². The van der Waals surface area contributed by atoms with Gasteiger partial charge in [0, 0.05) is 19.3 Å². The summed E-state index contributed by atoms with van der Waals surface area (Å²) in [5, 5.41) is 2.70. The van der Waals surface area contributed by atoms with E-state index in [0.717, 1.165) is 6.42 Å². The summed E-state index contributed by atoms with van der Waals surface area (Å²) in [6.07, 6.45) is 2.57. The Balaban J connectivity index is 2.16. The van der Waals surface area contributed by atoms with Gasteiger partial charge in [0.05, 0.1) is 5.02 Å². The molecule has 134 valence electrons. The number of carbonyl (C=O) groups is 1. The fourth-order valence-corrected chi connectivity index (χ4v) is 2.55. The molecule has 0 spiro atoms. The van der Waals surface area contributed by atoms with Crippen LogP contribution >= 0.6 is 11.6 Å². The third-order valence-electron chi connectivity index (χ3n) is 3.99. The van der Waals surface area contributed by atoms with E-state index in [1.54, 1.807) is 29.8 Å². The van der Waals surface area contributed by atoms with E-state index in [-0.39, 0.29) is 22.7 Å². The summed E-state index contributed by atoms with van der Waals surface area (Å²) in [4.78, 5) is 25.0. The van der Waals surface area contributed by atoms with E-state index in [1.807, 2.05) is 0 Å². The zero-order chi connectivity index (χ0) is 18.6. The molecule has 4 nitrogen and oxygen atoms in total. The molecule has 1 amide bonds. The molecule has 0 saturated heterocycles. The second kappa shape index (κ2) is 8.30. The topological polar surface area (TPSA) is 51.1 Å². The number of aromatic nitrogens is 1. The lowest BCUT2D eigenvalue weighted by atomic mass is 10.1. The van der Waals surface area contributed by atoms with Crippen LogP contribution in [0.4, 0.5) is 4.39 Å². The van der Waals surface area contributed by atoms with Gasteiger partial charge in [0.1, 0.15) is 11.4 Å². The second-order valence-electron chi connectivity index (χ2n) is 6.49. The molecule has 1 heterocycles. The van der Waals surface area contributed by atoms with Crippen molar-refractivity contribution in [2.75, 3.05) is 0 Å². The Morgan fingerprint density at radius 2 is 2.04 bits per heavy atom. The molecular weight excluding hydrogens is 343 g/mol. The van der Waals surface area contributed by atoms with Crippen molar-refractivity contribution in [2.24, 2.45) is 5.92 Å². The first-order valence-electron chi connectivity index (χ1n) is 8.21. The molecule has 0 bridgehead atoms. The number of hydrogen-bond acceptors (Lipinski definition) is 2. The number of benzene rings is 1. The van der Waals surface area contributed by atoms with Crippen molar-refractivity contribution in [3.63, 3.8) is 0 Å². The van der Waals surface area contributed by atoms with Gasteiger partial charge in [-0.05, 0) is 48.6 Å². The smallest absolute Gasteiger partial charge is 0.263 e. The summed E-state index contributed by atoms with van der Waals surface area (Å²) in [6, 6.07) is 6.09. The Kier molecular flexibility index (Phi) is 6.37. The number of halogens is 2. The van der Waals surface area contributed by atoms with Crippen LogP contribution in [0.15, 0.2) is 35.3 Å². The lowest BCUT2D eigenvalue weighted by Gasteiger charge is -2.12. The van der Waals surface area contributed by atoms with Gasteiger partial charge in [-0.1, -0.05) is 31.5 Å². The Morgan fingerprint density at radius 3 is 2.68 bits per heavy atom. The van der Waals surface area contributed by atoms with E-state index < -0.39 is 11.7 Å². The predicted octanol–water partition coefficient (Wildman–Crippen LogP) is 3.93. The highest BCUT2D eigenvalue weighted by Crippen LogP contribution is 2.15. The molecule has 0 atom stereocenters. The van der Waals surface area contributed by atoms with Gasteiger partial charge >= 0.3 is 0 Å². The van der Waals surface area contributed by atoms with E-state index in [4.69, 9.17) is 11.6 Å². The van der Waals surface area contributed by atoms with Gasteiger partial charge < -0.3 is 9.88 Å².